The van der Waals surface area contributed by atoms with E-state index in [4.69, 9.17) is 5.73 Å². The minimum Gasteiger partial charge on any atom is -0.355 e. The lowest BCUT2D eigenvalue weighted by atomic mass is 9.61. The summed E-state index contributed by atoms with van der Waals surface area (Å²) in [7, 11) is 0. The van der Waals surface area contributed by atoms with Crippen molar-refractivity contribution in [2.45, 2.75) is 44.9 Å². The van der Waals surface area contributed by atoms with Gasteiger partial charge in [-0.2, -0.15) is 23.5 Å². The Kier molecular flexibility index (Phi) is 5.71. The first-order chi connectivity index (χ1) is 9.43. The van der Waals surface area contributed by atoms with Gasteiger partial charge in [0, 0.05) is 41.0 Å². The fourth-order valence-corrected chi connectivity index (χ4v) is 5.92. The van der Waals surface area contributed by atoms with Gasteiger partial charge in [-0.05, 0) is 24.2 Å². The monoisotopic (exact) mass is 316 g/mol. The highest BCUT2D eigenvalue weighted by atomic mass is 32.2. The van der Waals surface area contributed by atoms with Gasteiger partial charge in [0.25, 0.3) is 0 Å². The Hall–Kier alpha value is 0.130. The standard InChI is InChI=1S/C15H28N2OS2/c1-10-13(16)5-4-12(15(10,2)3)14(18)17-8-11-9-19-6-7-20-11/h10-13H,4-9,16H2,1-3H3,(H,17,18). The Morgan fingerprint density at radius 3 is 2.75 bits per heavy atom. The van der Waals surface area contributed by atoms with Crippen LogP contribution in [0.4, 0.5) is 0 Å². The Bertz CT molecular complexity index is 343. The van der Waals surface area contributed by atoms with E-state index in [1.165, 1.54) is 17.3 Å². The van der Waals surface area contributed by atoms with Crippen LogP contribution >= 0.6 is 23.5 Å². The molecule has 1 saturated heterocycles. The van der Waals surface area contributed by atoms with Gasteiger partial charge in [0.2, 0.25) is 5.91 Å². The number of nitrogens with two attached hydrogens (primary N) is 1. The molecule has 1 aliphatic heterocycles. The summed E-state index contributed by atoms with van der Waals surface area (Å²) in [4.78, 5) is 12.5. The maximum Gasteiger partial charge on any atom is 0.223 e. The number of hydrogen-bond donors (Lipinski definition) is 2. The number of thioether (sulfide) groups is 2. The Morgan fingerprint density at radius 2 is 2.10 bits per heavy atom. The second-order valence-corrected chi connectivity index (χ2v) is 9.27. The highest BCUT2D eigenvalue weighted by molar-refractivity contribution is 8.06. The first-order valence-electron chi connectivity index (χ1n) is 7.65. The van der Waals surface area contributed by atoms with Crippen LogP contribution in [0.2, 0.25) is 0 Å². The third-order valence-electron chi connectivity index (χ3n) is 5.21. The highest BCUT2D eigenvalue weighted by Crippen LogP contribution is 2.44. The molecule has 2 aliphatic rings. The van der Waals surface area contributed by atoms with E-state index in [0.29, 0.717) is 11.2 Å². The molecule has 0 radical (unpaired) electrons. The van der Waals surface area contributed by atoms with Gasteiger partial charge in [-0.1, -0.05) is 20.8 Å². The zero-order valence-corrected chi connectivity index (χ0v) is 14.5. The lowest BCUT2D eigenvalue weighted by Crippen LogP contribution is -2.52. The number of rotatable bonds is 3. The van der Waals surface area contributed by atoms with E-state index >= 15 is 0 Å². The Labute approximate surface area is 131 Å². The van der Waals surface area contributed by atoms with Crippen molar-refractivity contribution >= 4 is 29.4 Å². The summed E-state index contributed by atoms with van der Waals surface area (Å²) in [5, 5.41) is 3.79. The molecule has 4 atom stereocenters. The average molecular weight is 317 g/mol. The van der Waals surface area contributed by atoms with E-state index in [9.17, 15) is 4.79 Å². The zero-order chi connectivity index (χ0) is 14.8. The van der Waals surface area contributed by atoms with Crippen molar-refractivity contribution in [3.05, 3.63) is 0 Å². The summed E-state index contributed by atoms with van der Waals surface area (Å²) in [5.74, 6) is 4.38. The van der Waals surface area contributed by atoms with Crippen LogP contribution < -0.4 is 11.1 Å². The molecule has 1 heterocycles. The summed E-state index contributed by atoms with van der Waals surface area (Å²) in [6, 6.07) is 0.236. The molecule has 5 heteroatoms. The molecular formula is C15H28N2OS2. The zero-order valence-electron chi connectivity index (χ0n) is 12.9. The van der Waals surface area contributed by atoms with Crippen LogP contribution in [0.15, 0.2) is 0 Å². The molecule has 0 spiro atoms. The summed E-state index contributed by atoms with van der Waals surface area (Å²) >= 11 is 4.00. The molecule has 1 aliphatic carbocycles. The van der Waals surface area contributed by atoms with Gasteiger partial charge in [0.05, 0.1) is 0 Å². The third kappa shape index (κ3) is 3.66. The van der Waals surface area contributed by atoms with E-state index in [0.717, 1.165) is 19.4 Å². The van der Waals surface area contributed by atoms with Gasteiger partial charge < -0.3 is 11.1 Å². The number of hydrogen-bond acceptors (Lipinski definition) is 4. The molecular weight excluding hydrogens is 288 g/mol. The highest BCUT2D eigenvalue weighted by Gasteiger charge is 2.44. The molecule has 0 aromatic heterocycles. The second-order valence-electron chi connectivity index (χ2n) is 6.72. The van der Waals surface area contributed by atoms with Gasteiger partial charge in [-0.25, -0.2) is 0 Å². The van der Waals surface area contributed by atoms with E-state index in [1.54, 1.807) is 0 Å². The SMILES string of the molecule is CC1C(N)CCC(C(=O)NCC2CSCCS2)C1(C)C. The van der Waals surface area contributed by atoms with Crippen molar-refractivity contribution in [2.24, 2.45) is 23.0 Å². The van der Waals surface area contributed by atoms with E-state index in [1.807, 2.05) is 23.5 Å². The van der Waals surface area contributed by atoms with Crippen LogP contribution in [0.25, 0.3) is 0 Å². The predicted molar refractivity (Wildman–Crippen MR) is 90.2 cm³/mol. The molecule has 4 unspecified atom stereocenters. The second kappa shape index (κ2) is 6.93. The van der Waals surface area contributed by atoms with Gasteiger partial charge in [0.1, 0.15) is 0 Å². The summed E-state index contributed by atoms with van der Waals surface area (Å²) in [6.07, 6.45) is 1.90. The van der Waals surface area contributed by atoms with Crippen molar-refractivity contribution in [3.63, 3.8) is 0 Å². The fourth-order valence-electron chi connectivity index (χ4n) is 3.31. The normalized spacial score (nSPS) is 37.4. The molecule has 0 bridgehead atoms. The van der Waals surface area contributed by atoms with Gasteiger partial charge >= 0.3 is 0 Å². The summed E-state index contributed by atoms with van der Waals surface area (Å²) in [5.41, 5.74) is 6.17. The number of amides is 1. The maximum absolute atomic E-state index is 12.5. The van der Waals surface area contributed by atoms with Gasteiger partial charge in [0.15, 0.2) is 0 Å². The van der Waals surface area contributed by atoms with Crippen LogP contribution in [0, 0.1) is 17.3 Å². The molecule has 2 fully saturated rings. The molecule has 1 saturated carbocycles. The van der Waals surface area contributed by atoms with Crippen molar-refractivity contribution in [3.8, 4) is 0 Å². The Morgan fingerprint density at radius 1 is 1.35 bits per heavy atom. The van der Waals surface area contributed by atoms with Crippen LogP contribution in [0.5, 0.6) is 0 Å². The number of carbonyl (C=O) groups is 1. The molecule has 0 aromatic carbocycles. The first-order valence-corrected chi connectivity index (χ1v) is 9.86. The minimum absolute atomic E-state index is 0.00376. The first kappa shape index (κ1) is 16.5. The third-order valence-corrected chi connectivity index (χ3v) is 8.05. The van der Waals surface area contributed by atoms with Crippen LogP contribution in [-0.2, 0) is 4.79 Å². The fraction of sp³-hybridized carbons (Fsp3) is 0.933. The van der Waals surface area contributed by atoms with E-state index < -0.39 is 0 Å². The maximum atomic E-state index is 12.5. The topological polar surface area (TPSA) is 55.1 Å². The average Bonchev–Trinajstić information content (AvgIpc) is 2.43. The van der Waals surface area contributed by atoms with Crippen molar-refractivity contribution in [1.29, 1.82) is 0 Å². The molecule has 1 amide bonds. The van der Waals surface area contributed by atoms with Crippen molar-refractivity contribution in [2.75, 3.05) is 23.8 Å². The van der Waals surface area contributed by atoms with Crippen LogP contribution in [0.1, 0.15) is 33.6 Å². The Balaban J connectivity index is 1.88. The molecule has 116 valence electrons. The molecule has 3 N–H and O–H groups in total. The van der Waals surface area contributed by atoms with Crippen molar-refractivity contribution in [1.82, 2.24) is 5.32 Å². The molecule has 0 aromatic rings. The minimum atomic E-state index is -0.00376. The van der Waals surface area contributed by atoms with Crippen molar-refractivity contribution < 1.29 is 4.79 Å². The van der Waals surface area contributed by atoms with Crippen LogP contribution in [-0.4, -0.2) is 41.0 Å². The largest absolute Gasteiger partial charge is 0.355 e. The van der Waals surface area contributed by atoms with Gasteiger partial charge in [-0.15, -0.1) is 0 Å². The lowest BCUT2D eigenvalue weighted by Gasteiger charge is -2.46. The van der Waals surface area contributed by atoms with Crippen LogP contribution in [0.3, 0.4) is 0 Å². The van der Waals surface area contributed by atoms with E-state index in [-0.39, 0.29) is 23.3 Å². The smallest absolute Gasteiger partial charge is 0.223 e. The van der Waals surface area contributed by atoms with Gasteiger partial charge in [-0.3, -0.25) is 4.79 Å². The number of carbonyl (C=O) groups excluding carboxylic acids is 1. The molecule has 3 nitrogen and oxygen atoms in total. The summed E-state index contributed by atoms with van der Waals surface area (Å²) in [6.45, 7) is 7.42. The lowest BCUT2D eigenvalue weighted by molar-refractivity contribution is -0.132. The molecule has 2 rings (SSSR count). The quantitative estimate of drug-likeness (QED) is 0.839. The summed E-state index contributed by atoms with van der Waals surface area (Å²) < 4.78 is 0. The molecule has 20 heavy (non-hydrogen) atoms. The predicted octanol–water partition coefficient (Wildman–Crippen LogP) is 2.35. The number of nitrogens with one attached hydrogen (secondary N) is 1. The van der Waals surface area contributed by atoms with E-state index in [2.05, 4.69) is 26.1 Å².